The van der Waals surface area contributed by atoms with Crippen LogP contribution in [0.3, 0.4) is 0 Å². The summed E-state index contributed by atoms with van der Waals surface area (Å²) in [6, 6.07) is 11.6. The maximum atomic E-state index is 14.9. The molecule has 3 heterocycles. The molecule has 1 unspecified atom stereocenters. The highest BCUT2D eigenvalue weighted by atomic mass is 35.5. The van der Waals surface area contributed by atoms with Gasteiger partial charge in [0, 0.05) is 80.9 Å². The number of ether oxygens (including phenoxy) is 1. The second-order valence-corrected chi connectivity index (χ2v) is 14.9. The van der Waals surface area contributed by atoms with Gasteiger partial charge in [0.2, 0.25) is 5.85 Å². The number of benzene rings is 2. The van der Waals surface area contributed by atoms with E-state index in [4.69, 9.17) is 27.9 Å². The summed E-state index contributed by atoms with van der Waals surface area (Å²) in [6.07, 6.45) is 8.24. The number of rotatable bonds is 11. The molecule has 7 rings (SSSR count). The molecular formula is C37H45Cl2N5O5. The fraction of sp³-hybridized carbons (Fsp3) is 0.541. The second kappa shape index (κ2) is 14.3. The number of aryl methyl sites for hydroxylation is 1. The number of hydrogen-bond acceptors (Lipinski definition) is 7. The van der Waals surface area contributed by atoms with Crippen molar-refractivity contribution in [3.63, 3.8) is 0 Å². The third kappa shape index (κ3) is 7.01. The number of likely N-dealkylation sites (tertiary alicyclic amines) is 1. The van der Waals surface area contributed by atoms with Crippen molar-refractivity contribution >= 4 is 57.5 Å². The molecule has 4 fully saturated rings. The van der Waals surface area contributed by atoms with E-state index in [2.05, 4.69) is 20.0 Å². The van der Waals surface area contributed by atoms with Crippen LogP contribution in [0.2, 0.25) is 10.0 Å². The highest BCUT2D eigenvalue weighted by Crippen LogP contribution is 2.39. The van der Waals surface area contributed by atoms with E-state index in [0.29, 0.717) is 71.7 Å². The number of Topliss-reactive ketones (excluding diaryl/α,β-unsaturated/α-hetero) is 1. The van der Waals surface area contributed by atoms with Crippen LogP contribution in [0.25, 0.3) is 10.9 Å². The summed E-state index contributed by atoms with van der Waals surface area (Å²) >= 11 is 13.7. The molecule has 0 bridgehead atoms. The van der Waals surface area contributed by atoms with E-state index in [9.17, 15) is 19.5 Å². The van der Waals surface area contributed by atoms with Crippen molar-refractivity contribution in [3.05, 3.63) is 63.8 Å². The van der Waals surface area contributed by atoms with Crippen LogP contribution < -0.4 is 5.32 Å². The number of carbonyl (C=O) groups excluding carboxylic acids is 2. The van der Waals surface area contributed by atoms with Crippen LogP contribution in [0.1, 0.15) is 67.3 Å². The number of carbonyl (C=O) groups is 3. The highest BCUT2D eigenvalue weighted by Gasteiger charge is 2.53. The van der Waals surface area contributed by atoms with E-state index < -0.39 is 11.8 Å². The van der Waals surface area contributed by atoms with E-state index in [-0.39, 0.29) is 30.1 Å². The van der Waals surface area contributed by atoms with Crippen molar-refractivity contribution in [2.45, 2.75) is 75.8 Å². The molecule has 1 amide bonds. The molecule has 4 aliphatic rings. The lowest BCUT2D eigenvalue weighted by Gasteiger charge is -2.52. The molecular weight excluding hydrogens is 665 g/mol. The van der Waals surface area contributed by atoms with Crippen molar-refractivity contribution in [1.82, 2.24) is 19.3 Å². The monoisotopic (exact) mass is 709 g/mol. The Bertz CT molecular complexity index is 1720. The molecule has 1 atom stereocenters. The Morgan fingerprint density at radius 1 is 0.898 bits per heavy atom. The number of anilines is 1. The topological polar surface area (TPSA) is 107 Å². The average molecular weight is 711 g/mol. The van der Waals surface area contributed by atoms with Gasteiger partial charge in [0.05, 0.1) is 28.3 Å². The van der Waals surface area contributed by atoms with Crippen LogP contribution in [-0.4, -0.2) is 99.3 Å². The van der Waals surface area contributed by atoms with Gasteiger partial charge in [-0.3, -0.25) is 29.1 Å². The Kier molecular flexibility index (Phi) is 10.1. The van der Waals surface area contributed by atoms with Crippen LogP contribution in [0.5, 0.6) is 0 Å². The molecule has 2 aromatic carbocycles. The summed E-state index contributed by atoms with van der Waals surface area (Å²) in [6.45, 7) is 4.65. The highest BCUT2D eigenvalue weighted by molar-refractivity contribution is 6.36. The predicted molar refractivity (Wildman–Crippen MR) is 190 cm³/mol. The van der Waals surface area contributed by atoms with Crippen LogP contribution in [0, 0.1) is 5.92 Å². The predicted octanol–water partition coefficient (Wildman–Crippen LogP) is 6.04. The van der Waals surface area contributed by atoms with Gasteiger partial charge in [0.1, 0.15) is 0 Å². The van der Waals surface area contributed by atoms with Crippen LogP contribution in [0.15, 0.2) is 42.6 Å². The number of ketones is 1. The summed E-state index contributed by atoms with van der Waals surface area (Å²) in [4.78, 5) is 47.0. The van der Waals surface area contributed by atoms with Crippen molar-refractivity contribution in [2.75, 3.05) is 44.6 Å². The summed E-state index contributed by atoms with van der Waals surface area (Å²) in [5.41, 5.74) is 2.40. The number of carboxylic acids is 1. The molecule has 1 aromatic heterocycles. The SMILES string of the molecule is Cn1cc(C(=O)Nc2cc(Cl)c(CC(=O)C(OC3CCC(C(=O)O)CC3)(N3CCCC3)N3CCN(C4CC4)CC3)cc2Cl)c2ccccc21. The van der Waals surface area contributed by atoms with E-state index in [1.807, 2.05) is 35.9 Å². The summed E-state index contributed by atoms with van der Waals surface area (Å²) in [5.74, 6) is -2.83. The maximum Gasteiger partial charge on any atom is 0.306 e. The van der Waals surface area contributed by atoms with Gasteiger partial charge in [0.25, 0.3) is 5.91 Å². The third-order valence-electron chi connectivity index (χ3n) is 10.9. The number of nitrogens with zero attached hydrogens (tertiary/aromatic N) is 4. The molecule has 12 heteroatoms. The summed E-state index contributed by atoms with van der Waals surface area (Å²) in [5, 5.41) is 14.0. The van der Waals surface area contributed by atoms with Gasteiger partial charge in [-0.2, -0.15) is 0 Å². The Hall–Kier alpha value is -2.99. The zero-order valence-electron chi connectivity index (χ0n) is 28.0. The summed E-state index contributed by atoms with van der Waals surface area (Å²) < 4.78 is 8.97. The van der Waals surface area contributed by atoms with Crippen molar-refractivity contribution in [1.29, 1.82) is 0 Å². The lowest BCUT2D eigenvalue weighted by Crippen LogP contribution is -2.71. The number of carboxylic acid groups (broad SMARTS) is 1. The number of amides is 1. The molecule has 3 aromatic rings. The number of piperazine rings is 1. The Balaban J connectivity index is 1.15. The first-order valence-corrected chi connectivity index (χ1v) is 18.4. The van der Waals surface area contributed by atoms with Crippen LogP contribution in [0.4, 0.5) is 5.69 Å². The zero-order chi connectivity index (χ0) is 34.3. The standard InChI is InChI=1S/C37H45Cl2N5O5/c1-41-23-29(28-6-2-3-7-33(28)41)35(46)40-32-22-30(38)25(20-31(32)39)21-34(45)37(43-14-4-5-15-43,44-18-16-42(17-19-44)26-10-11-26)49-27-12-8-24(9-13-27)36(47)48/h2-3,6-7,20,22-24,26-27H,4-5,8-19,21H2,1H3,(H,40,46)(H,47,48). The fourth-order valence-corrected chi connectivity index (χ4v) is 8.56. The van der Waals surface area contributed by atoms with E-state index >= 15 is 0 Å². The molecule has 2 saturated heterocycles. The first-order valence-electron chi connectivity index (χ1n) is 17.7. The minimum atomic E-state index is -1.29. The van der Waals surface area contributed by atoms with Gasteiger partial charge in [0.15, 0.2) is 5.78 Å². The molecule has 49 heavy (non-hydrogen) atoms. The van der Waals surface area contributed by atoms with Gasteiger partial charge in [-0.15, -0.1) is 0 Å². The van der Waals surface area contributed by atoms with E-state index in [0.717, 1.165) is 49.9 Å². The summed E-state index contributed by atoms with van der Waals surface area (Å²) in [7, 11) is 1.90. The number of fused-ring (bicyclic) bond motifs is 1. The third-order valence-corrected chi connectivity index (χ3v) is 11.6. The minimum absolute atomic E-state index is 0.0000865. The average Bonchev–Trinajstić information content (AvgIpc) is 3.69. The van der Waals surface area contributed by atoms with Gasteiger partial charge in [-0.25, -0.2) is 0 Å². The number of hydrogen-bond donors (Lipinski definition) is 2. The van der Waals surface area contributed by atoms with Gasteiger partial charge in [-0.1, -0.05) is 41.4 Å². The lowest BCUT2D eigenvalue weighted by molar-refractivity contribution is -0.260. The first kappa shape index (κ1) is 34.5. The molecule has 2 aliphatic heterocycles. The largest absolute Gasteiger partial charge is 0.481 e. The Morgan fingerprint density at radius 3 is 2.24 bits per heavy atom. The number of aliphatic carboxylic acids is 1. The Labute approximate surface area is 297 Å². The van der Waals surface area contributed by atoms with Gasteiger partial charge in [-0.05, 0) is 75.1 Å². The normalized spacial score (nSPS) is 23.8. The fourth-order valence-electron chi connectivity index (χ4n) is 8.10. The van der Waals surface area contributed by atoms with Gasteiger partial charge >= 0.3 is 5.97 Å². The number of para-hydroxylation sites is 1. The van der Waals surface area contributed by atoms with E-state index in [1.165, 1.54) is 12.8 Å². The van der Waals surface area contributed by atoms with Crippen molar-refractivity contribution in [3.8, 4) is 0 Å². The molecule has 0 radical (unpaired) electrons. The second-order valence-electron chi connectivity index (χ2n) is 14.1. The first-order chi connectivity index (χ1) is 23.6. The molecule has 2 N–H and O–H groups in total. The molecule has 2 aliphatic carbocycles. The number of halogens is 2. The number of nitrogens with one attached hydrogen (secondary N) is 1. The number of aromatic nitrogens is 1. The van der Waals surface area contributed by atoms with Crippen LogP contribution >= 0.6 is 23.2 Å². The smallest absolute Gasteiger partial charge is 0.306 e. The maximum absolute atomic E-state index is 14.9. The van der Waals surface area contributed by atoms with Gasteiger partial charge < -0.3 is 19.7 Å². The molecule has 10 nitrogen and oxygen atoms in total. The molecule has 2 saturated carbocycles. The molecule has 262 valence electrons. The lowest BCUT2D eigenvalue weighted by atomic mass is 9.87. The van der Waals surface area contributed by atoms with Crippen molar-refractivity contribution in [2.24, 2.45) is 13.0 Å². The minimum Gasteiger partial charge on any atom is -0.481 e. The van der Waals surface area contributed by atoms with E-state index in [1.54, 1.807) is 18.3 Å². The zero-order valence-corrected chi connectivity index (χ0v) is 29.5. The van der Waals surface area contributed by atoms with Crippen molar-refractivity contribution < 1.29 is 24.2 Å². The van der Waals surface area contributed by atoms with Crippen LogP contribution in [-0.2, 0) is 27.8 Å². The molecule has 0 spiro atoms. The Morgan fingerprint density at radius 2 is 1.57 bits per heavy atom. The quantitative estimate of drug-likeness (QED) is 0.248.